The largest absolute Gasteiger partial charge is 0.463 e. The summed E-state index contributed by atoms with van der Waals surface area (Å²) in [5.41, 5.74) is 9.05. The van der Waals surface area contributed by atoms with E-state index in [0.717, 1.165) is 18.5 Å². The second-order valence-electron chi connectivity index (χ2n) is 6.76. The number of aliphatic imine (C=N–C) groups is 1. The lowest BCUT2D eigenvalue weighted by Gasteiger charge is -2.24. The molecule has 0 saturated heterocycles. The Labute approximate surface area is 147 Å². The number of nitrogens with zero attached hydrogens (tertiary/aromatic N) is 3. The molecule has 0 amide bonds. The number of hydrogen-bond donors (Lipinski definition) is 2. The van der Waals surface area contributed by atoms with E-state index in [4.69, 9.17) is 10.5 Å². The zero-order valence-electron chi connectivity index (χ0n) is 14.2. The third-order valence-electron chi connectivity index (χ3n) is 4.96. The third kappa shape index (κ3) is 3.90. The molecule has 2 heterocycles. The molecule has 2 aromatic rings. The number of nitrogens with one attached hydrogen (secondary N) is 1. The van der Waals surface area contributed by atoms with E-state index in [9.17, 15) is 0 Å². The van der Waals surface area contributed by atoms with Crippen molar-refractivity contribution in [2.75, 3.05) is 11.9 Å². The summed E-state index contributed by atoms with van der Waals surface area (Å²) in [5.74, 6) is 1.31. The topological polar surface area (TPSA) is 85.4 Å². The van der Waals surface area contributed by atoms with E-state index >= 15 is 0 Å². The van der Waals surface area contributed by atoms with Gasteiger partial charge in [-0.15, -0.1) is 0 Å². The van der Waals surface area contributed by atoms with Gasteiger partial charge in [-0.3, -0.25) is 0 Å². The maximum atomic E-state index is 5.53. The first-order valence-corrected chi connectivity index (χ1v) is 8.90. The second-order valence-corrected chi connectivity index (χ2v) is 6.76. The van der Waals surface area contributed by atoms with Crippen molar-refractivity contribution in [1.29, 1.82) is 0 Å². The first-order valence-electron chi connectivity index (χ1n) is 8.90. The minimum Gasteiger partial charge on any atom is -0.463 e. The van der Waals surface area contributed by atoms with Crippen molar-refractivity contribution < 1.29 is 4.74 Å². The van der Waals surface area contributed by atoms with Crippen LogP contribution in [-0.2, 0) is 11.2 Å². The Bertz CT molecular complexity index is 737. The van der Waals surface area contributed by atoms with Gasteiger partial charge in [0.05, 0.1) is 6.04 Å². The molecule has 6 nitrogen and oxygen atoms in total. The minimum atomic E-state index is 0.181. The highest BCUT2D eigenvalue weighted by molar-refractivity contribution is 5.73. The number of aromatic nitrogens is 2. The van der Waals surface area contributed by atoms with Crippen molar-refractivity contribution in [3.63, 3.8) is 0 Å². The lowest BCUT2D eigenvalue weighted by Crippen LogP contribution is -2.10. The standard InChI is InChI=1S/C19H23N5O/c20-18-23-17(12-25-18)9-6-13-4-7-16(8-5-13)24-19-21-10-15(11-22-19)14-2-1-3-14/h4-5,7-8,10-11,14,17H,1-3,6,9,12H2,(H2,20,23)(H,21,22,24). The molecule has 130 valence electrons. The minimum absolute atomic E-state index is 0.181. The highest BCUT2D eigenvalue weighted by atomic mass is 16.5. The molecular weight excluding hydrogens is 314 g/mol. The van der Waals surface area contributed by atoms with Gasteiger partial charge < -0.3 is 15.8 Å². The average molecular weight is 337 g/mol. The molecule has 3 N–H and O–H groups in total. The van der Waals surface area contributed by atoms with E-state index in [0.29, 0.717) is 24.5 Å². The summed E-state index contributed by atoms with van der Waals surface area (Å²) >= 11 is 0. The summed E-state index contributed by atoms with van der Waals surface area (Å²) in [7, 11) is 0. The quantitative estimate of drug-likeness (QED) is 0.846. The van der Waals surface area contributed by atoms with Crippen LogP contribution in [0.15, 0.2) is 41.7 Å². The van der Waals surface area contributed by atoms with Crippen LogP contribution in [0, 0.1) is 0 Å². The third-order valence-corrected chi connectivity index (χ3v) is 4.96. The maximum absolute atomic E-state index is 5.53. The molecule has 1 unspecified atom stereocenters. The number of rotatable bonds is 6. The monoisotopic (exact) mass is 337 g/mol. The molecule has 0 spiro atoms. The van der Waals surface area contributed by atoms with Gasteiger partial charge >= 0.3 is 0 Å². The van der Waals surface area contributed by atoms with Crippen LogP contribution in [0.25, 0.3) is 0 Å². The van der Waals surface area contributed by atoms with Crippen LogP contribution in [-0.4, -0.2) is 28.6 Å². The zero-order valence-corrected chi connectivity index (χ0v) is 14.2. The number of ether oxygens (including phenoxy) is 1. The number of aryl methyl sites for hydroxylation is 1. The molecule has 2 aliphatic rings. The maximum Gasteiger partial charge on any atom is 0.282 e. The van der Waals surface area contributed by atoms with Gasteiger partial charge in [0.1, 0.15) is 6.61 Å². The molecule has 1 aromatic heterocycles. The first kappa shape index (κ1) is 15.9. The lowest BCUT2D eigenvalue weighted by atomic mass is 9.81. The van der Waals surface area contributed by atoms with Crippen molar-refractivity contribution in [3.05, 3.63) is 47.8 Å². The van der Waals surface area contributed by atoms with Gasteiger partial charge in [0.15, 0.2) is 0 Å². The Kier molecular flexibility index (Phi) is 4.50. The lowest BCUT2D eigenvalue weighted by molar-refractivity contribution is 0.308. The number of hydrogen-bond acceptors (Lipinski definition) is 6. The molecule has 0 radical (unpaired) electrons. The Morgan fingerprint density at radius 2 is 1.88 bits per heavy atom. The van der Waals surface area contributed by atoms with Crippen LogP contribution in [0.4, 0.5) is 11.6 Å². The van der Waals surface area contributed by atoms with E-state index in [1.807, 2.05) is 12.4 Å². The molecule has 1 atom stereocenters. The molecule has 0 bridgehead atoms. The van der Waals surface area contributed by atoms with Gasteiger partial charge in [0, 0.05) is 18.1 Å². The van der Waals surface area contributed by atoms with Gasteiger partial charge in [-0.05, 0) is 54.9 Å². The highest BCUT2D eigenvalue weighted by Crippen LogP contribution is 2.35. The smallest absolute Gasteiger partial charge is 0.282 e. The molecule has 4 rings (SSSR count). The normalized spacial score (nSPS) is 19.8. The van der Waals surface area contributed by atoms with E-state index in [1.165, 1.54) is 30.4 Å². The summed E-state index contributed by atoms with van der Waals surface area (Å²) in [6.07, 6.45) is 9.65. The predicted molar refractivity (Wildman–Crippen MR) is 98.0 cm³/mol. The number of benzene rings is 1. The fourth-order valence-corrected chi connectivity index (χ4v) is 3.16. The van der Waals surface area contributed by atoms with E-state index in [1.54, 1.807) is 0 Å². The fourth-order valence-electron chi connectivity index (χ4n) is 3.16. The van der Waals surface area contributed by atoms with Gasteiger partial charge in [-0.1, -0.05) is 18.6 Å². The van der Waals surface area contributed by atoms with Crippen molar-refractivity contribution in [2.24, 2.45) is 10.7 Å². The van der Waals surface area contributed by atoms with Crippen molar-refractivity contribution in [2.45, 2.75) is 44.1 Å². The summed E-state index contributed by atoms with van der Waals surface area (Å²) in [6, 6.07) is 8.85. The Balaban J connectivity index is 1.30. The molecule has 1 aliphatic heterocycles. The molecule has 1 aromatic carbocycles. The van der Waals surface area contributed by atoms with Gasteiger partial charge in [0.25, 0.3) is 6.02 Å². The van der Waals surface area contributed by atoms with Gasteiger partial charge in [0.2, 0.25) is 5.95 Å². The van der Waals surface area contributed by atoms with E-state index < -0.39 is 0 Å². The van der Waals surface area contributed by atoms with Gasteiger partial charge in [-0.25, -0.2) is 15.0 Å². The fraction of sp³-hybridized carbons (Fsp3) is 0.421. The molecular formula is C19H23N5O. The number of amidine groups is 1. The summed E-state index contributed by atoms with van der Waals surface area (Å²) < 4.78 is 5.18. The van der Waals surface area contributed by atoms with Crippen LogP contribution in [0.5, 0.6) is 0 Å². The van der Waals surface area contributed by atoms with Crippen LogP contribution in [0.1, 0.15) is 42.7 Å². The molecule has 6 heteroatoms. The van der Waals surface area contributed by atoms with Crippen molar-refractivity contribution in [3.8, 4) is 0 Å². The van der Waals surface area contributed by atoms with Crippen LogP contribution >= 0.6 is 0 Å². The van der Waals surface area contributed by atoms with Gasteiger partial charge in [-0.2, -0.15) is 0 Å². The highest BCUT2D eigenvalue weighted by Gasteiger charge is 2.20. The number of anilines is 2. The SMILES string of the molecule is NC1=NC(CCc2ccc(Nc3ncc(C4CCC4)cn3)cc2)CO1. The van der Waals surface area contributed by atoms with E-state index in [2.05, 4.69) is 44.5 Å². The summed E-state index contributed by atoms with van der Waals surface area (Å²) in [6.45, 7) is 0.597. The summed E-state index contributed by atoms with van der Waals surface area (Å²) in [4.78, 5) is 13.1. The summed E-state index contributed by atoms with van der Waals surface area (Å²) in [5, 5.41) is 3.26. The van der Waals surface area contributed by atoms with E-state index in [-0.39, 0.29) is 6.04 Å². The molecule has 1 saturated carbocycles. The Morgan fingerprint density at radius 1 is 1.12 bits per heavy atom. The molecule has 1 aliphatic carbocycles. The predicted octanol–water partition coefficient (Wildman–Crippen LogP) is 3.13. The second kappa shape index (κ2) is 7.09. The van der Waals surface area contributed by atoms with Crippen LogP contribution in [0.2, 0.25) is 0 Å². The molecule has 1 fully saturated rings. The Hall–Kier alpha value is -2.63. The van der Waals surface area contributed by atoms with Crippen LogP contribution in [0.3, 0.4) is 0 Å². The van der Waals surface area contributed by atoms with Crippen molar-refractivity contribution in [1.82, 2.24) is 9.97 Å². The van der Waals surface area contributed by atoms with Crippen molar-refractivity contribution >= 4 is 17.7 Å². The zero-order chi connectivity index (χ0) is 17.1. The Morgan fingerprint density at radius 3 is 2.48 bits per heavy atom. The average Bonchev–Trinajstić information content (AvgIpc) is 3.00. The van der Waals surface area contributed by atoms with Crippen LogP contribution < -0.4 is 11.1 Å². The molecule has 25 heavy (non-hydrogen) atoms. The number of nitrogens with two attached hydrogens (primary N) is 1. The first-order chi connectivity index (χ1) is 12.3.